The van der Waals surface area contributed by atoms with Crippen LogP contribution >= 0.6 is 0 Å². The van der Waals surface area contributed by atoms with E-state index in [-0.39, 0.29) is 11.9 Å². The quantitative estimate of drug-likeness (QED) is 0.877. The number of pyridine rings is 1. The average Bonchev–Trinajstić information content (AvgIpc) is 2.48. The van der Waals surface area contributed by atoms with Crippen molar-refractivity contribution in [3.05, 3.63) is 41.6 Å². The molecule has 3 rings (SSSR count). The van der Waals surface area contributed by atoms with E-state index in [9.17, 15) is 4.79 Å². The molecule has 0 unspecified atom stereocenters. The summed E-state index contributed by atoms with van der Waals surface area (Å²) in [5.41, 5.74) is 2.47. The van der Waals surface area contributed by atoms with Crippen molar-refractivity contribution in [2.24, 2.45) is 0 Å². The van der Waals surface area contributed by atoms with Gasteiger partial charge in [0.05, 0.1) is 5.52 Å². The summed E-state index contributed by atoms with van der Waals surface area (Å²) in [6.07, 6.45) is 2.14. The maximum absolute atomic E-state index is 12.3. The lowest BCUT2D eigenvalue weighted by Crippen LogP contribution is -2.45. The molecule has 1 aliphatic heterocycles. The monoisotopic (exact) mass is 269 g/mol. The van der Waals surface area contributed by atoms with Gasteiger partial charge in [-0.25, -0.2) is 4.98 Å². The minimum Gasteiger partial charge on any atom is -0.347 e. The van der Waals surface area contributed by atoms with E-state index in [4.69, 9.17) is 0 Å². The second-order valence-electron chi connectivity index (χ2n) is 5.36. The number of benzene rings is 1. The number of piperidine rings is 1. The second-order valence-corrected chi connectivity index (χ2v) is 5.36. The van der Waals surface area contributed by atoms with Crippen LogP contribution < -0.4 is 10.6 Å². The zero-order valence-electron chi connectivity index (χ0n) is 11.6. The van der Waals surface area contributed by atoms with E-state index in [1.807, 2.05) is 37.3 Å². The Hall–Kier alpha value is -1.94. The van der Waals surface area contributed by atoms with Gasteiger partial charge in [-0.05, 0) is 44.0 Å². The highest BCUT2D eigenvalue weighted by molar-refractivity contribution is 5.96. The third kappa shape index (κ3) is 2.65. The lowest BCUT2D eigenvalue weighted by molar-refractivity contribution is 0.0926. The molecule has 2 N–H and O–H groups in total. The van der Waals surface area contributed by atoms with E-state index in [1.165, 1.54) is 0 Å². The average molecular weight is 269 g/mol. The van der Waals surface area contributed by atoms with Crippen molar-refractivity contribution < 1.29 is 4.79 Å². The fourth-order valence-corrected chi connectivity index (χ4v) is 2.70. The molecule has 1 aromatic carbocycles. The summed E-state index contributed by atoms with van der Waals surface area (Å²) in [6.45, 7) is 3.90. The van der Waals surface area contributed by atoms with Gasteiger partial charge in [0, 0.05) is 18.0 Å². The van der Waals surface area contributed by atoms with Crippen molar-refractivity contribution in [1.29, 1.82) is 0 Å². The van der Waals surface area contributed by atoms with E-state index in [2.05, 4.69) is 15.6 Å². The molecule has 1 aromatic heterocycles. The standard InChI is InChI=1S/C16H19N3O/c1-11-9-15(19-14-7-3-2-6-13(11)14)16(20)18-12-5-4-8-17-10-12/h2-3,6-7,9,12,17H,4-5,8,10H2,1H3,(H,18,20)/t12-/m0/s1. The maximum Gasteiger partial charge on any atom is 0.270 e. The Morgan fingerprint density at radius 2 is 2.25 bits per heavy atom. The molecular formula is C16H19N3O. The first-order chi connectivity index (χ1) is 9.74. The third-order valence-electron chi connectivity index (χ3n) is 3.79. The van der Waals surface area contributed by atoms with E-state index in [1.54, 1.807) is 0 Å². The third-order valence-corrected chi connectivity index (χ3v) is 3.79. The number of hydrogen-bond donors (Lipinski definition) is 2. The number of nitrogens with one attached hydrogen (secondary N) is 2. The number of aryl methyl sites for hydroxylation is 1. The number of aromatic nitrogens is 1. The second kappa shape index (κ2) is 5.59. The van der Waals surface area contributed by atoms with Gasteiger partial charge in [-0.3, -0.25) is 4.79 Å². The van der Waals surface area contributed by atoms with Gasteiger partial charge in [-0.1, -0.05) is 18.2 Å². The largest absolute Gasteiger partial charge is 0.347 e. The van der Waals surface area contributed by atoms with Gasteiger partial charge in [-0.2, -0.15) is 0 Å². The van der Waals surface area contributed by atoms with Crippen molar-refractivity contribution in [3.8, 4) is 0 Å². The fourth-order valence-electron chi connectivity index (χ4n) is 2.70. The summed E-state index contributed by atoms with van der Waals surface area (Å²) >= 11 is 0. The fraction of sp³-hybridized carbons (Fsp3) is 0.375. The molecule has 1 amide bonds. The lowest BCUT2D eigenvalue weighted by Gasteiger charge is -2.23. The Morgan fingerprint density at radius 3 is 3.05 bits per heavy atom. The Morgan fingerprint density at radius 1 is 1.40 bits per heavy atom. The molecule has 4 nitrogen and oxygen atoms in total. The van der Waals surface area contributed by atoms with Crippen LogP contribution in [-0.4, -0.2) is 30.0 Å². The molecule has 2 aromatic rings. The number of para-hydroxylation sites is 1. The molecule has 104 valence electrons. The number of carbonyl (C=O) groups is 1. The van der Waals surface area contributed by atoms with Crippen LogP contribution in [0.5, 0.6) is 0 Å². The predicted octanol–water partition coefficient (Wildman–Crippen LogP) is 2.03. The van der Waals surface area contributed by atoms with Gasteiger partial charge < -0.3 is 10.6 Å². The van der Waals surface area contributed by atoms with Crippen molar-refractivity contribution in [1.82, 2.24) is 15.6 Å². The molecule has 1 saturated heterocycles. The number of amides is 1. The Balaban J connectivity index is 1.84. The summed E-state index contributed by atoms with van der Waals surface area (Å²) in [5.74, 6) is -0.0763. The smallest absolute Gasteiger partial charge is 0.270 e. The molecule has 0 saturated carbocycles. The number of hydrogen-bond acceptors (Lipinski definition) is 3. The molecule has 0 spiro atoms. The van der Waals surface area contributed by atoms with Gasteiger partial charge in [0.25, 0.3) is 5.91 Å². The van der Waals surface area contributed by atoms with Gasteiger partial charge in [0.15, 0.2) is 0 Å². The topological polar surface area (TPSA) is 54.0 Å². The van der Waals surface area contributed by atoms with E-state index >= 15 is 0 Å². The molecule has 1 atom stereocenters. The van der Waals surface area contributed by atoms with Crippen LogP contribution in [0.15, 0.2) is 30.3 Å². The number of carbonyl (C=O) groups excluding carboxylic acids is 1. The van der Waals surface area contributed by atoms with Crippen LogP contribution in [0.2, 0.25) is 0 Å². The van der Waals surface area contributed by atoms with Crippen LogP contribution in [0, 0.1) is 6.92 Å². The van der Waals surface area contributed by atoms with Gasteiger partial charge in [0.2, 0.25) is 0 Å². The van der Waals surface area contributed by atoms with Gasteiger partial charge in [-0.15, -0.1) is 0 Å². The summed E-state index contributed by atoms with van der Waals surface area (Å²) in [5, 5.41) is 7.46. The van der Waals surface area contributed by atoms with E-state index in [0.717, 1.165) is 42.4 Å². The predicted molar refractivity (Wildman–Crippen MR) is 79.8 cm³/mol. The summed E-state index contributed by atoms with van der Waals surface area (Å²) in [7, 11) is 0. The van der Waals surface area contributed by atoms with Crippen LogP contribution in [0.3, 0.4) is 0 Å². The van der Waals surface area contributed by atoms with E-state index in [0.29, 0.717) is 5.69 Å². The summed E-state index contributed by atoms with van der Waals surface area (Å²) in [6, 6.07) is 10.00. The van der Waals surface area contributed by atoms with Gasteiger partial charge in [0.1, 0.15) is 5.69 Å². The molecular weight excluding hydrogens is 250 g/mol. The molecule has 1 fully saturated rings. The van der Waals surface area contributed by atoms with Gasteiger partial charge >= 0.3 is 0 Å². The highest BCUT2D eigenvalue weighted by Gasteiger charge is 2.17. The maximum atomic E-state index is 12.3. The first kappa shape index (κ1) is 13.1. The molecule has 0 bridgehead atoms. The van der Waals surface area contributed by atoms with Crippen molar-refractivity contribution >= 4 is 16.8 Å². The Labute approximate surface area is 118 Å². The molecule has 1 aliphatic rings. The first-order valence-corrected chi connectivity index (χ1v) is 7.12. The number of rotatable bonds is 2. The normalized spacial score (nSPS) is 18.9. The zero-order chi connectivity index (χ0) is 13.9. The highest BCUT2D eigenvalue weighted by atomic mass is 16.1. The van der Waals surface area contributed by atoms with Crippen LogP contribution in [0.1, 0.15) is 28.9 Å². The minimum atomic E-state index is -0.0763. The summed E-state index contributed by atoms with van der Waals surface area (Å²) in [4.78, 5) is 16.8. The van der Waals surface area contributed by atoms with Crippen LogP contribution in [0.25, 0.3) is 10.9 Å². The van der Waals surface area contributed by atoms with Crippen LogP contribution in [-0.2, 0) is 0 Å². The lowest BCUT2D eigenvalue weighted by atomic mass is 10.1. The molecule has 4 heteroatoms. The molecule has 2 heterocycles. The molecule has 20 heavy (non-hydrogen) atoms. The molecule has 0 radical (unpaired) electrons. The Kier molecular flexibility index (Phi) is 3.65. The van der Waals surface area contributed by atoms with Crippen molar-refractivity contribution in [2.75, 3.05) is 13.1 Å². The van der Waals surface area contributed by atoms with Crippen molar-refractivity contribution in [3.63, 3.8) is 0 Å². The summed E-state index contributed by atoms with van der Waals surface area (Å²) < 4.78 is 0. The van der Waals surface area contributed by atoms with Crippen LogP contribution in [0.4, 0.5) is 0 Å². The molecule has 0 aliphatic carbocycles. The number of nitrogens with zero attached hydrogens (tertiary/aromatic N) is 1. The highest BCUT2D eigenvalue weighted by Crippen LogP contribution is 2.17. The minimum absolute atomic E-state index is 0.0763. The zero-order valence-corrected chi connectivity index (χ0v) is 11.6. The Bertz CT molecular complexity index is 633. The SMILES string of the molecule is Cc1cc(C(=O)N[C@H]2CCCNC2)nc2ccccc12. The van der Waals surface area contributed by atoms with Crippen molar-refractivity contribution in [2.45, 2.75) is 25.8 Å². The number of fused-ring (bicyclic) bond motifs is 1. The van der Waals surface area contributed by atoms with E-state index < -0.39 is 0 Å². The first-order valence-electron chi connectivity index (χ1n) is 7.12.